The molecule has 0 bridgehead atoms. The molecule has 0 N–H and O–H groups in total. The third-order valence-corrected chi connectivity index (χ3v) is 4.39. The van der Waals surface area contributed by atoms with Gasteiger partial charge in [0.05, 0.1) is 0 Å². The number of carbonyl (C=O) groups is 1. The van der Waals surface area contributed by atoms with Crippen LogP contribution in [0.15, 0.2) is 30.3 Å². The normalized spacial score (nSPS) is 21.6. The maximum atomic E-state index is 12.5. The first-order valence-electron chi connectivity index (χ1n) is 8.05. The summed E-state index contributed by atoms with van der Waals surface area (Å²) in [6, 6.07) is 10.4. The Morgan fingerprint density at radius 1 is 1.30 bits per heavy atom. The minimum Gasteiger partial charge on any atom is -0.300 e. The summed E-state index contributed by atoms with van der Waals surface area (Å²) in [6.45, 7) is 6.41. The van der Waals surface area contributed by atoms with Crippen LogP contribution in [-0.4, -0.2) is 29.8 Å². The molecule has 1 fully saturated rings. The van der Waals surface area contributed by atoms with Crippen LogP contribution < -0.4 is 0 Å². The van der Waals surface area contributed by atoms with E-state index in [0.717, 1.165) is 18.7 Å². The van der Waals surface area contributed by atoms with E-state index in [9.17, 15) is 4.79 Å². The Morgan fingerprint density at radius 2 is 2.05 bits per heavy atom. The van der Waals surface area contributed by atoms with Crippen molar-refractivity contribution in [2.24, 2.45) is 5.92 Å². The van der Waals surface area contributed by atoms with Crippen LogP contribution in [0.3, 0.4) is 0 Å². The number of hydrogen-bond acceptors (Lipinski definition) is 2. The molecule has 1 heterocycles. The number of carbonyl (C=O) groups excluding carboxylic acids is 1. The maximum absolute atomic E-state index is 12.5. The summed E-state index contributed by atoms with van der Waals surface area (Å²) in [7, 11) is 0. The lowest BCUT2D eigenvalue weighted by molar-refractivity contribution is 0.0814. The largest absolute Gasteiger partial charge is 0.300 e. The molecule has 110 valence electrons. The second kappa shape index (κ2) is 7.58. The van der Waals surface area contributed by atoms with Gasteiger partial charge in [0.25, 0.3) is 0 Å². The standard InChI is InChI=1S/C18H27NO/c1-3-9-17-12-7-8-13-19(17)14-15(2)18(20)16-10-5-4-6-11-16/h4-6,10-11,15,17H,3,7-9,12-14H2,1-2H3. The van der Waals surface area contributed by atoms with Gasteiger partial charge in [0, 0.05) is 24.1 Å². The summed E-state index contributed by atoms with van der Waals surface area (Å²) in [4.78, 5) is 15.0. The van der Waals surface area contributed by atoms with E-state index >= 15 is 0 Å². The maximum Gasteiger partial charge on any atom is 0.166 e. The third kappa shape index (κ3) is 3.92. The van der Waals surface area contributed by atoms with Crippen LogP contribution >= 0.6 is 0 Å². The van der Waals surface area contributed by atoms with Crippen molar-refractivity contribution in [3.05, 3.63) is 35.9 Å². The number of piperidine rings is 1. The topological polar surface area (TPSA) is 20.3 Å². The molecule has 0 radical (unpaired) electrons. The van der Waals surface area contributed by atoms with E-state index in [0.29, 0.717) is 6.04 Å². The molecule has 1 aliphatic rings. The number of nitrogens with zero attached hydrogens (tertiary/aromatic N) is 1. The Bertz CT molecular complexity index is 413. The highest BCUT2D eigenvalue weighted by Gasteiger charge is 2.25. The predicted octanol–water partition coefficient (Wildman–Crippen LogP) is 4.16. The third-order valence-electron chi connectivity index (χ3n) is 4.39. The molecule has 1 aliphatic heterocycles. The van der Waals surface area contributed by atoms with Gasteiger partial charge in [-0.1, -0.05) is 57.0 Å². The van der Waals surface area contributed by atoms with Crippen LogP contribution in [0.2, 0.25) is 0 Å². The molecule has 2 heteroatoms. The summed E-state index contributed by atoms with van der Waals surface area (Å²) in [5.74, 6) is 0.376. The molecular formula is C18H27NO. The quantitative estimate of drug-likeness (QED) is 0.725. The Hall–Kier alpha value is -1.15. The molecule has 1 aromatic carbocycles. The molecule has 2 nitrogen and oxygen atoms in total. The van der Waals surface area contributed by atoms with Crippen molar-refractivity contribution in [2.45, 2.75) is 52.0 Å². The Kier molecular flexibility index (Phi) is 5.78. The van der Waals surface area contributed by atoms with Crippen LogP contribution in [0, 0.1) is 5.92 Å². The summed E-state index contributed by atoms with van der Waals surface area (Å²) in [5, 5.41) is 0. The first-order valence-corrected chi connectivity index (χ1v) is 8.05. The number of rotatable bonds is 6. The SMILES string of the molecule is CCCC1CCCCN1CC(C)C(=O)c1ccccc1. The van der Waals surface area contributed by atoms with Gasteiger partial charge < -0.3 is 0 Å². The molecule has 0 aromatic heterocycles. The zero-order valence-corrected chi connectivity index (χ0v) is 12.8. The highest BCUT2D eigenvalue weighted by molar-refractivity contribution is 5.97. The second-order valence-electron chi connectivity index (χ2n) is 6.06. The Balaban J connectivity index is 1.95. The zero-order chi connectivity index (χ0) is 14.4. The number of hydrogen-bond donors (Lipinski definition) is 0. The van der Waals surface area contributed by atoms with E-state index in [1.807, 2.05) is 30.3 Å². The fourth-order valence-electron chi connectivity index (χ4n) is 3.28. The Labute approximate surface area is 123 Å². The Morgan fingerprint density at radius 3 is 2.75 bits per heavy atom. The highest BCUT2D eigenvalue weighted by Crippen LogP contribution is 2.22. The van der Waals surface area contributed by atoms with Gasteiger partial charge in [-0.05, 0) is 25.8 Å². The lowest BCUT2D eigenvalue weighted by atomic mass is 9.94. The van der Waals surface area contributed by atoms with Crippen molar-refractivity contribution in [2.75, 3.05) is 13.1 Å². The molecule has 0 spiro atoms. The summed E-state index contributed by atoms with van der Waals surface area (Å²) in [5.41, 5.74) is 0.851. The molecule has 0 amide bonds. The van der Waals surface area contributed by atoms with Gasteiger partial charge >= 0.3 is 0 Å². The number of benzene rings is 1. The lowest BCUT2D eigenvalue weighted by Crippen LogP contribution is -2.43. The van der Waals surface area contributed by atoms with Crippen molar-refractivity contribution >= 4 is 5.78 Å². The summed E-state index contributed by atoms with van der Waals surface area (Å²) >= 11 is 0. The fourth-order valence-corrected chi connectivity index (χ4v) is 3.28. The van der Waals surface area contributed by atoms with Crippen LogP contribution in [0.25, 0.3) is 0 Å². The molecule has 2 atom stereocenters. The number of ketones is 1. The van der Waals surface area contributed by atoms with Gasteiger partial charge in [-0.25, -0.2) is 0 Å². The molecule has 1 aromatic rings. The van der Waals surface area contributed by atoms with E-state index in [4.69, 9.17) is 0 Å². The van der Waals surface area contributed by atoms with E-state index in [1.54, 1.807) is 0 Å². The zero-order valence-electron chi connectivity index (χ0n) is 12.8. The number of likely N-dealkylation sites (tertiary alicyclic amines) is 1. The van der Waals surface area contributed by atoms with Crippen LogP contribution in [0.4, 0.5) is 0 Å². The van der Waals surface area contributed by atoms with Gasteiger partial charge in [0.1, 0.15) is 0 Å². The van der Waals surface area contributed by atoms with E-state index in [2.05, 4.69) is 18.7 Å². The lowest BCUT2D eigenvalue weighted by Gasteiger charge is -2.37. The molecule has 1 saturated heterocycles. The van der Waals surface area contributed by atoms with Gasteiger partial charge in [0.15, 0.2) is 5.78 Å². The minimum atomic E-state index is 0.0925. The molecule has 20 heavy (non-hydrogen) atoms. The smallest absolute Gasteiger partial charge is 0.166 e. The van der Waals surface area contributed by atoms with Gasteiger partial charge in [-0.2, -0.15) is 0 Å². The summed E-state index contributed by atoms with van der Waals surface area (Å²) in [6.07, 6.45) is 6.45. The first kappa shape index (κ1) is 15.2. The second-order valence-corrected chi connectivity index (χ2v) is 6.06. The molecule has 0 saturated carbocycles. The van der Waals surface area contributed by atoms with Gasteiger partial charge in [0.2, 0.25) is 0 Å². The van der Waals surface area contributed by atoms with Crippen molar-refractivity contribution in [1.29, 1.82) is 0 Å². The molecule has 2 unspecified atom stereocenters. The summed E-state index contributed by atoms with van der Waals surface area (Å²) < 4.78 is 0. The van der Waals surface area contributed by atoms with Crippen LogP contribution in [0.5, 0.6) is 0 Å². The van der Waals surface area contributed by atoms with E-state index < -0.39 is 0 Å². The molecule has 0 aliphatic carbocycles. The van der Waals surface area contributed by atoms with Gasteiger partial charge in [-0.15, -0.1) is 0 Å². The van der Waals surface area contributed by atoms with E-state index in [-0.39, 0.29) is 11.7 Å². The van der Waals surface area contributed by atoms with Crippen molar-refractivity contribution in [1.82, 2.24) is 4.90 Å². The average Bonchev–Trinajstić information content (AvgIpc) is 2.49. The van der Waals surface area contributed by atoms with Crippen LogP contribution in [-0.2, 0) is 0 Å². The molecular weight excluding hydrogens is 246 g/mol. The fraction of sp³-hybridized carbons (Fsp3) is 0.611. The predicted molar refractivity (Wildman–Crippen MR) is 84.1 cm³/mol. The number of Topliss-reactive ketones (excluding diaryl/α,β-unsaturated/α-hetero) is 1. The van der Waals surface area contributed by atoms with Crippen molar-refractivity contribution < 1.29 is 4.79 Å². The highest BCUT2D eigenvalue weighted by atomic mass is 16.1. The minimum absolute atomic E-state index is 0.0925. The van der Waals surface area contributed by atoms with Crippen LogP contribution in [0.1, 0.15) is 56.3 Å². The van der Waals surface area contributed by atoms with Crippen molar-refractivity contribution in [3.63, 3.8) is 0 Å². The van der Waals surface area contributed by atoms with Gasteiger partial charge in [-0.3, -0.25) is 9.69 Å². The molecule has 2 rings (SSSR count). The van der Waals surface area contributed by atoms with E-state index in [1.165, 1.54) is 32.1 Å². The van der Waals surface area contributed by atoms with Crippen molar-refractivity contribution in [3.8, 4) is 0 Å². The average molecular weight is 273 g/mol. The first-order chi connectivity index (χ1) is 9.72. The monoisotopic (exact) mass is 273 g/mol.